The highest BCUT2D eigenvalue weighted by Gasteiger charge is 2.06. The zero-order chi connectivity index (χ0) is 13.8. The van der Waals surface area contributed by atoms with E-state index < -0.39 is 0 Å². The van der Waals surface area contributed by atoms with Crippen molar-refractivity contribution in [1.29, 1.82) is 0 Å². The van der Waals surface area contributed by atoms with Crippen LogP contribution in [-0.4, -0.2) is 9.78 Å². The van der Waals surface area contributed by atoms with Crippen LogP contribution < -0.4 is 5.32 Å². The fraction of sp³-hybridized carbons (Fsp3) is 0.357. The Morgan fingerprint density at radius 3 is 2.79 bits per heavy atom. The summed E-state index contributed by atoms with van der Waals surface area (Å²) < 4.78 is 2.94. The van der Waals surface area contributed by atoms with Crippen LogP contribution >= 0.6 is 27.5 Å². The van der Waals surface area contributed by atoms with Gasteiger partial charge in [0.25, 0.3) is 0 Å². The Labute approximate surface area is 127 Å². The first-order valence-electron chi connectivity index (χ1n) is 6.26. The second-order valence-corrected chi connectivity index (χ2v) is 5.76. The van der Waals surface area contributed by atoms with Gasteiger partial charge in [0, 0.05) is 41.4 Å². The molecular formula is C14H17BrClN3. The maximum Gasteiger partial charge on any atom is 0.0666 e. The highest BCUT2D eigenvalue weighted by Crippen LogP contribution is 2.21. The molecule has 0 unspecified atom stereocenters. The number of rotatable bonds is 5. The number of hydrogen-bond donors (Lipinski definition) is 1. The van der Waals surface area contributed by atoms with Crippen molar-refractivity contribution < 1.29 is 0 Å². The summed E-state index contributed by atoms with van der Waals surface area (Å²) in [5.41, 5.74) is 3.57. The minimum absolute atomic E-state index is 0.760. The van der Waals surface area contributed by atoms with Gasteiger partial charge < -0.3 is 5.32 Å². The molecule has 0 saturated heterocycles. The fourth-order valence-electron chi connectivity index (χ4n) is 2.04. The average molecular weight is 343 g/mol. The Morgan fingerprint density at radius 2 is 2.05 bits per heavy atom. The van der Waals surface area contributed by atoms with E-state index in [0.29, 0.717) is 0 Å². The topological polar surface area (TPSA) is 29.9 Å². The number of aryl methyl sites for hydroxylation is 2. The van der Waals surface area contributed by atoms with Crippen LogP contribution in [0.25, 0.3) is 0 Å². The largest absolute Gasteiger partial charge is 0.308 e. The van der Waals surface area contributed by atoms with Gasteiger partial charge in [-0.05, 0) is 30.2 Å². The number of hydrogen-bond acceptors (Lipinski definition) is 2. The molecule has 0 bridgehead atoms. The molecule has 0 atom stereocenters. The van der Waals surface area contributed by atoms with Crippen LogP contribution in [0.1, 0.15) is 23.7 Å². The Morgan fingerprint density at radius 1 is 1.32 bits per heavy atom. The van der Waals surface area contributed by atoms with Crippen LogP contribution in [-0.2, 0) is 26.6 Å². The number of benzene rings is 1. The SMILES string of the molecule is CCc1nn(C)cc1CNCc1cc(Cl)ccc1Br. The minimum Gasteiger partial charge on any atom is -0.308 e. The van der Waals surface area contributed by atoms with E-state index in [2.05, 4.69) is 39.5 Å². The first-order chi connectivity index (χ1) is 9.10. The zero-order valence-electron chi connectivity index (χ0n) is 11.1. The zero-order valence-corrected chi connectivity index (χ0v) is 13.4. The molecule has 0 saturated carbocycles. The predicted octanol–water partition coefficient (Wildman–Crippen LogP) is 3.69. The molecule has 5 heteroatoms. The first kappa shape index (κ1) is 14.6. The molecule has 0 aliphatic carbocycles. The smallest absolute Gasteiger partial charge is 0.0666 e. The molecule has 19 heavy (non-hydrogen) atoms. The molecule has 0 spiro atoms. The van der Waals surface area contributed by atoms with E-state index in [-0.39, 0.29) is 0 Å². The molecule has 0 aliphatic rings. The van der Waals surface area contributed by atoms with E-state index in [1.54, 1.807) is 0 Å². The van der Waals surface area contributed by atoms with E-state index in [0.717, 1.165) is 40.3 Å². The average Bonchev–Trinajstić information content (AvgIpc) is 2.74. The Bertz CT molecular complexity index is 566. The van der Waals surface area contributed by atoms with Gasteiger partial charge in [-0.2, -0.15) is 5.10 Å². The van der Waals surface area contributed by atoms with Crippen molar-refractivity contribution in [2.24, 2.45) is 7.05 Å². The van der Waals surface area contributed by atoms with Gasteiger partial charge in [0.05, 0.1) is 5.69 Å². The molecule has 0 aliphatic heterocycles. The molecule has 3 nitrogen and oxygen atoms in total. The van der Waals surface area contributed by atoms with E-state index in [1.165, 1.54) is 5.56 Å². The van der Waals surface area contributed by atoms with E-state index in [9.17, 15) is 0 Å². The van der Waals surface area contributed by atoms with Gasteiger partial charge >= 0.3 is 0 Å². The first-order valence-corrected chi connectivity index (χ1v) is 7.43. The highest BCUT2D eigenvalue weighted by molar-refractivity contribution is 9.10. The molecule has 0 radical (unpaired) electrons. The number of nitrogens with one attached hydrogen (secondary N) is 1. The lowest BCUT2D eigenvalue weighted by molar-refractivity contribution is 0.686. The molecule has 0 fully saturated rings. The normalized spacial score (nSPS) is 10.9. The minimum atomic E-state index is 0.760. The van der Waals surface area contributed by atoms with Gasteiger partial charge in [0.15, 0.2) is 0 Å². The number of aromatic nitrogens is 2. The van der Waals surface area contributed by atoms with Gasteiger partial charge in [-0.3, -0.25) is 4.68 Å². The van der Waals surface area contributed by atoms with Crippen molar-refractivity contribution >= 4 is 27.5 Å². The lowest BCUT2D eigenvalue weighted by Gasteiger charge is -2.07. The van der Waals surface area contributed by atoms with Crippen molar-refractivity contribution in [3.8, 4) is 0 Å². The highest BCUT2D eigenvalue weighted by atomic mass is 79.9. The summed E-state index contributed by atoms with van der Waals surface area (Å²) >= 11 is 9.54. The second-order valence-electron chi connectivity index (χ2n) is 4.47. The molecule has 1 aromatic carbocycles. The summed E-state index contributed by atoms with van der Waals surface area (Å²) in [5.74, 6) is 0. The maximum absolute atomic E-state index is 6.00. The molecule has 102 valence electrons. The van der Waals surface area contributed by atoms with Crippen molar-refractivity contribution in [3.63, 3.8) is 0 Å². The van der Waals surface area contributed by atoms with Crippen molar-refractivity contribution in [2.45, 2.75) is 26.4 Å². The van der Waals surface area contributed by atoms with Crippen LogP contribution in [0.4, 0.5) is 0 Å². The molecule has 2 rings (SSSR count). The number of nitrogens with zero attached hydrogens (tertiary/aromatic N) is 2. The summed E-state index contributed by atoms with van der Waals surface area (Å²) in [6.07, 6.45) is 3.03. The lowest BCUT2D eigenvalue weighted by Crippen LogP contribution is -2.13. The Kier molecular flexibility index (Phi) is 5.02. The van der Waals surface area contributed by atoms with Crippen LogP contribution in [0.15, 0.2) is 28.9 Å². The molecule has 1 heterocycles. The quantitative estimate of drug-likeness (QED) is 0.898. The summed E-state index contributed by atoms with van der Waals surface area (Å²) in [7, 11) is 1.95. The molecule has 1 aromatic heterocycles. The molecule has 1 N–H and O–H groups in total. The maximum atomic E-state index is 6.00. The van der Waals surface area contributed by atoms with Crippen molar-refractivity contribution in [1.82, 2.24) is 15.1 Å². The third-order valence-corrected chi connectivity index (χ3v) is 3.97. The lowest BCUT2D eigenvalue weighted by atomic mass is 10.2. The van der Waals surface area contributed by atoms with Crippen molar-refractivity contribution in [2.75, 3.05) is 0 Å². The third kappa shape index (κ3) is 3.81. The van der Waals surface area contributed by atoms with Gasteiger partial charge in [-0.25, -0.2) is 0 Å². The summed E-state index contributed by atoms with van der Waals surface area (Å²) in [4.78, 5) is 0. The van der Waals surface area contributed by atoms with Crippen LogP contribution in [0.2, 0.25) is 5.02 Å². The molecule has 2 aromatic rings. The third-order valence-electron chi connectivity index (χ3n) is 2.97. The predicted molar refractivity (Wildman–Crippen MR) is 82.3 cm³/mol. The molecule has 0 amide bonds. The monoisotopic (exact) mass is 341 g/mol. The summed E-state index contributed by atoms with van der Waals surface area (Å²) in [6.45, 7) is 3.72. The van der Waals surface area contributed by atoms with Crippen LogP contribution in [0.5, 0.6) is 0 Å². The van der Waals surface area contributed by atoms with E-state index in [1.807, 2.05) is 29.9 Å². The standard InChI is InChI=1S/C14H17BrClN3/c1-3-14-11(9-19(2)18-14)8-17-7-10-6-12(16)4-5-13(10)15/h4-6,9,17H,3,7-8H2,1-2H3. The second kappa shape index (κ2) is 6.55. The van der Waals surface area contributed by atoms with Crippen LogP contribution in [0.3, 0.4) is 0 Å². The van der Waals surface area contributed by atoms with Crippen molar-refractivity contribution in [3.05, 3.63) is 50.7 Å². The van der Waals surface area contributed by atoms with Gasteiger partial charge in [0.2, 0.25) is 0 Å². The van der Waals surface area contributed by atoms with E-state index in [4.69, 9.17) is 11.6 Å². The van der Waals surface area contributed by atoms with Crippen LogP contribution in [0, 0.1) is 0 Å². The Balaban J connectivity index is 1.98. The molecular weight excluding hydrogens is 326 g/mol. The Hall–Kier alpha value is -0.840. The van der Waals surface area contributed by atoms with E-state index >= 15 is 0 Å². The van der Waals surface area contributed by atoms with Gasteiger partial charge in [0.1, 0.15) is 0 Å². The van der Waals surface area contributed by atoms with Gasteiger partial charge in [-0.15, -0.1) is 0 Å². The summed E-state index contributed by atoms with van der Waals surface area (Å²) in [5, 5.41) is 8.62. The van der Waals surface area contributed by atoms with Gasteiger partial charge in [-0.1, -0.05) is 34.5 Å². The summed E-state index contributed by atoms with van der Waals surface area (Å²) in [6, 6.07) is 5.83. The fourth-order valence-corrected chi connectivity index (χ4v) is 2.62. The number of halogens is 2.